The second-order valence-electron chi connectivity index (χ2n) is 6.19. The second-order valence-corrected chi connectivity index (χ2v) is 6.19. The van der Waals surface area contributed by atoms with Crippen molar-refractivity contribution >= 4 is 11.8 Å². The van der Waals surface area contributed by atoms with Crippen LogP contribution in [0.3, 0.4) is 0 Å². The van der Waals surface area contributed by atoms with Gasteiger partial charge in [0.1, 0.15) is 12.1 Å². The van der Waals surface area contributed by atoms with Gasteiger partial charge in [-0.05, 0) is 38.0 Å². The first-order valence-electron chi connectivity index (χ1n) is 7.80. The van der Waals surface area contributed by atoms with Crippen LogP contribution in [0.25, 0.3) is 0 Å². The number of amides is 2. The largest absolute Gasteiger partial charge is 0.342 e. The molecule has 2 amide bonds. The molecule has 0 aromatic carbocycles. The fraction of sp³-hybridized carbons (Fsp3) is 0.750. The summed E-state index contributed by atoms with van der Waals surface area (Å²) in [6, 6.07) is -0.684. The molecule has 1 N–H and O–H groups in total. The van der Waals surface area contributed by atoms with Crippen molar-refractivity contribution in [1.29, 1.82) is 0 Å². The highest BCUT2D eigenvalue weighted by Gasteiger charge is 2.40. The van der Waals surface area contributed by atoms with Crippen LogP contribution >= 0.6 is 0 Å². The molecule has 0 spiro atoms. The van der Waals surface area contributed by atoms with Crippen LogP contribution in [0.5, 0.6) is 0 Å². The molecule has 112 valence electrons. The standard InChI is InChI=1S/C16H26N2O2/c1-4-11(2)14-16(20)18(12(3)15(19)17-14)10-13-8-6-5-7-9-13/h5-6,11-14H,4,7-10H2,1-3H3,(H,17,19). The minimum atomic E-state index is -0.345. The molecular weight excluding hydrogens is 252 g/mol. The maximum atomic E-state index is 12.6. The summed E-state index contributed by atoms with van der Waals surface area (Å²) < 4.78 is 0. The van der Waals surface area contributed by atoms with E-state index in [-0.39, 0.29) is 29.8 Å². The third-order valence-electron chi connectivity index (χ3n) is 4.74. The van der Waals surface area contributed by atoms with Crippen LogP contribution in [0.4, 0.5) is 0 Å². The summed E-state index contributed by atoms with van der Waals surface area (Å²) in [5, 5.41) is 2.89. The van der Waals surface area contributed by atoms with Crippen LogP contribution in [-0.2, 0) is 9.59 Å². The predicted molar refractivity (Wildman–Crippen MR) is 79.0 cm³/mol. The number of rotatable bonds is 4. The third-order valence-corrected chi connectivity index (χ3v) is 4.74. The number of carbonyl (C=O) groups is 2. The topological polar surface area (TPSA) is 49.4 Å². The zero-order chi connectivity index (χ0) is 14.7. The summed E-state index contributed by atoms with van der Waals surface area (Å²) in [5.74, 6) is 0.768. The molecule has 1 aliphatic heterocycles. The maximum Gasteiger partial charge on any atom is 0.246 e. The molecule has 20 heavy (non-hydrogen) atoms. The van der Waals surface area contributed by atoms with E-state index in [9.17, 15) is 9.59 Å². The first kappa shape index (κ1) is 15.1. The van der Waals surface area contributed by atoms with Crippen molar-refractivity contribution in [2.45, 2.75) is 58.5 Å². The van der Waals surface area contributed by atoms with Gasteiger partial charge in [-0.15, -0.1) is 0 Å². The molecule has 1 saturated heterocycles. The number of allylic oxidation sites excluding steroid dienone is 2. The first-order chi connectivity index (χ1) is 9.54. The van der Waals surface area contributed by atoms with Gasteiger partial charge in [-0.25, -0.2) is 0 Å². The van der Waals surface area contributed by atoms with E-state index in [1.54, 1.807) is 4.90 Å². The minimum absolute atomic E-state index is 0.0127. The molecule has 1 heterocycles. The molecule has 0 saturated carbocycles. The Kier molecular flexibility index (Phi) is 4.84. The Morgan fingerprint density at radius 3 is 2.75 bits per heavy atom. The summed E-state index contributed by atoms with van der Waals surface area (Å²) in [6.45, 7) is 6.63. The lowest BCUT2D eigenvalue weighted by Crippen LogP contribution is -2.64. The highest BCUT2D eigenvalue weighted by atomic mass is 16.2. The lowest BCUT2D eigenvalue weighted by molar-refractivity contribution is -0.150. The fourth-order valence-electron chi connectivity index (χ4n) is 3.02. The molecule has 4 heteroatoms. The van der Waals surface area contributed by atoms with Crippen molar-refractivity contribution < 1.29 is 9.59 Å². The van der Waals surface area contributed by atoms with E-state index in [2.05, 4.69) is 24.4 Å². The zero-order valence-electron chi connectivity index (χ0n) is 12.8. The van der Waals surface area contributed by atoms with E-state index >= 15 is 0 Å². The highest BCUT2D eigenvalue weighted by molar-refractivity contribution is 5.96. The molecule has 1 fully saturated rings. The summed E-state index contributed by atoms with van der Waals surface area (Å²) >= 11 is 0. The maximum absolute atomic E-state index is 12.6. The van der Waals surface area contributed by atoms with E-state index in [4.69, 9.17) is 0 Å². The molecule has 2 aliphatic rings. The zero-order valence-corrected chi connectivity index (χ0v) is 12.8. The monoisotopic (exact) mass is 278 g/mol. The quantitative estimate of drug-likeness (QED) is 0.801. The summed E-state index contributed by atoms with van der Waals surface area (Å²) in [7, 11) is 0. The van der Waals surface area contributed by atoms with Gasteiger partial charge < -0.3 is 10.2 Å². The number of nitrogens with one attached hydrogen (secondary N) is 1. The molecular formula is C16H26N2O2. The van der Waals surface area contributed by atoms with E-state index in [0.29, 0.717) is 12.5 Å². The number of nitrogens with zero attached hydrogens (tertiary/aromatic N) is 1. The van der Waals surface area contributed by atoms with Crippen LogP contribution in [0.15, 0.2) is 12.2 Å². The van der Waals surface area contributed by atoms with Crippen molar-refractivity contribution in [3.63, 3.8) is 0 Å². The van der Waals surface area contributed by atoms with Gasteiger partial charge in [-0.2, -0.15) is 0 Å². The average molecular weight is 278 g/mol. The van der Waals surface area contributed by atoms with Gasteiger partial charge >= 0.3 is 0 Å². The number of hydrogen-bond donors (Lipinski definition) is 1. The molecule has 0 radical (unpaired) electrons. The number of carbonyl (C=O) groups excluding carboxylic acids is 2. The average Bonchev–Trinajstić information content (AvgIpc) is 2.47. The third kappa shape index (κ3) is 3.05. The summed E-state index contributed by atoms with van der Waals surface area (Å²) in [4.78, 5) is 26.6. The lowest BCUT2D eigenvalue weighted by Gasteiger charge is -2.41. The Morgan fingerprint density at radius 2 is 2.15 bits per heavy atom. The summed E-state index contributed by atoms with van der Waals surface area (Å²) in [5.41, 5.74) is 0. The van der Waals surface area contributed by atoms with Gasteiger partial charge in [0, 0.05) is 6.54 Å². The van der Waals surface area contributed by atoms with Crippen molar-refractivity contribution in [2.24, 2.45) is 11.8 Å². The SMILES string of the molecule is CCC(C)C1NC(=O)C(C)N(CC2CC=CCC2)C1=O. The van der Waals surface area contributed by atoms with Crippen LogP contribution in [0.2, 0.25) is 0 Å². The van der Waals surface area contributed by atoms with Gasteiger partial charge in [0.2, 0.25) is 11.8 Å². The van der Waals surface area contributed by atoms with Crippen LogP contribution in [0.1, 0.15) is 46.5 Å². The second kappa shape index (κ2) is 6.42. The molecule has 1 aliphatic carbocycles. The van der Waals surface area contributed by atoms with Crippen LogP contribution in [0, 0.1) is 11.8 Å². The Balaban J connectivity index is 2.09. The predicted octanol–water partition coefficient (Wildman–Crippen LogP) is 2.10. The van der Waals surface area contributed by atoms with Gasteiger partial charge in [0.05, 0.1) is 0 Å². The van der Waals surface area contributed by atoms with Gasteiger partial charge in [-0.1, -0.05) is 32.4 Å². The number of piperazine rings is 1. The Morgan fingerprint density at radius 1 is 1.40 bits per heavy atom. The Labute approximate surface area is 121 Å². The molecule has 4 unspecified atom stereocenters. The van der Waals surface area contributed by atoms with E-state index in [0.717, 1.165) is 25.7 Å². The lowest BCUT2D eigenvalue weighted by atomic mass is 9.90. The van der Waals surface area contributed by atoms with E-state index in [1.165, 1.54) is 0 Å². The van der Waals surface area contributed by atoms with Gasteiger partial charge in [0.15, 0.2) is 0 Å². The van der Waals surface area contributed by atoms with Crippen molar-refractivity contribution in [3.8, 4) is 0 Å². The normalized spacial score (nSPS) is 32.1. The van der Waals surface area contributed by atoms with Crippen molar-refractivity contribution in [1.82, 2.24) is 10.2 Å². The number of hydrogen-bond acceptors (Lipinski definition) is 2. The molecule has 0 bridgehead atoms. The minimum Gasteiger partial charge on any atom is -0.342 e. The van der Waals surface area contributed by atoms with Gasteiger partial charge in [-0.3, -0.25) is 9.59 Å². The smallest absolute Gasteiger partial charge is 0.246 e. The molecule has 4 atom stereocenters. The first-order valence-corrected chi connectivity index (χ1v) is 7.80. The Bertz CT molecular complexity index is 405. The molecule has 0 aromatic heterocycles. The summed E-state index contributed by atoms with van der Waals surface area (Å²) in [6.07, 6.45) is 8.51. The fourth-order valence-corrected chi connectivity index (χ4v) is 3.02. The van der Waals surface area contributed by atoms with Crippen molar-refractivity contribution in [2.75, 3.05) is 6.54 Å². The molecule has 0 aromatic rings. The Hall–Kier alpha value is -1.32. The highest BCUT2D eigenvalue weighted by Crippen LogP contribution is 2.24. The van der Waals surface area contributed by atoms with Crippen LogP contribution in [-0.4, -0.2) is 35.3 Å². The van der Waals surface area contributed by atoms with Crippen LogP contribution < -0.4 is 5.32 Å². The van der Waals surface area contributed by atoms with E-state index in [1.807, 2.05) is 13.8 Å². The van der Waals surface area contributed by atoms with E-state index < -0.39 is 0 Å². The molecule has 2 rings (SSSR count). The van der Waals surface area contributed by atoms with Gasteiger partial charge in [0.25, 0.3) is 0 Å². The van der Waals surface area contributed by atoms with Crippen molar-refractivity contribution in [3.05, 3.63) is 12.2 Å². The molecule has 4 nitrogen and oxygen atoms in total.